The van der Waals surface area contributed by atoms with E-state index in [9.17, 15) is 0 Å². The van der Waals surface area contributed by atoms with E-state index in [1.165, 1.54) is 12.8 Å². The molecule has 0 radical (unpaired) electrons. The molecule has 1 fully saturated rings. The van der Waals surface area contributed by atoms with Crippen LogP contribution in [0.1, 0.15) is 12.8 Å². The van der Waals surface area contributed by atoms with Crippen molar-refractivity contribution in [2.45, 2.75) is 18.9 Å². The zero-order chi connectivity index (χ0) is 5.11. The van der Waals surface area contributed by atoms with E-state index in [0.717, 1.165) is 6.61 Å². The van der Waals surface area contributed by atoms with Crippen LogP contribution in [0.5, 0.6) is 0 Å². The van der Waals surface area contributed by atoms with Gasteiger partial charge in [-0.1, -0.05) is 0 Å². The Morgan fingerprint density at radius 1 is 1.71 bits per heavy atom. The molecule has 0 N–H and O–H groups in total. The van der Waals surface area contributed by atoms with E-state index in [4.69, 9.17) is 4.74 Å². The number of rotatable bonds is 1. The van der Waals surface area contributed by atoms with E-state index in [-0.39, 0.29) is 0 Å². The summed E-state index contributed by atoms with van der Waals surface area (Å²) in [5, 5.41) is 0. The van der Waals surface area contributed by atoms with Crippen molar-refractivity contribution in [2.75, 3.05) is 6.61 Å². The van der Waals surface area contributed by atoms with Crippen LogP contribution in [0, 0.1) is 13.3 Å². The van der Waals surface area contributed by atoms with Crippen molar-refractivity contribution in [3.8, 4) is 0 Å². The fraction of sp³-hybridized carbons (Fsp3) is 0.667. The number of ether oxygens (including phenoxy) is 1. The lowest BCUT2D eigenvalue weighted by atomic mass is 10.2. The van der Waals surface area contributed by atoms with Crippen LogP contribution < -0.4 is 0 Å². The Hall–Kier alpha value is -0.170. The first-order valence-corrected chi connectivity index (χ1v) is 2.67. The molecule has 1 heteroatoms. The van der Waals surface area contributed by atoms with Crippen LogP contribution in [0.15, 0.2) is 0 Å². The maximum atomic E-state index is 5.18. The molecule has 0 amide bonds. The first-order chi connectivity index (χ1) is 3.43. The van der Waals surface area contributed by atoms with Crippen molar-refractivity contribution in [3.63, 3.8) is 0 Å². The molecule has 0 aromatic heterocycles. The van der Waals surface area contributed by atoms with Crippen molar-refractivity contribution in [2.24, 2.45) is 0 Å². The Labute approximate surface area is 44.7 Å². The van der Waals surface area contributed by atoms with Gasteiger partial charge in [-0.2, -0.15) is 0 Å². The van der Waals surface area contributed by atoms with E-state index in [0.29, 0.717) is 6.10 Å². The summed E-state index contributed by atoms with van der Waals surface area (Å²) in [6.07, 6.45) is 4.60. The van der Waals surface area contributed by atoms with Gasteiger partial charge in [-0.3, -0.25) is 0 Å². The predicted octanol–water partition coefficient (Wildman–Crippen LogP) is 1.20. The van der Waals surface area contributed by atoms with Gasteiger partial charge < -0.3 is 4.74 Å². The summed E-state index contributed by atoms with van der Waals surface area (Å²) in [6, 6.07) is 0. The van der Waals surface area contributed by atoms with Crippen molar-refractivity contribution in [1.82, 2.24) is 0 Å². The molecule has 1 atom stereocenters. The summed E-state index contributed by atoms with van der Waals surface area (Å²) in [7, 11) is 0. The lowest BCUT2D eigenvalue weighted by Gasteiger charge is -1.96. The molecule has 1 rings (SSSR count). The lowest BCUT2D eigenvalue weighted by Crippen LogP contribution is -2.01. The first kappa shape index (κ1) is 4.98. The largest absolute Gasteiger partial charge is 0.340 e. The normalized spacial score (nSPS) is 30.7. The van der Waals surface area contributed by atoms with E-state index in [1.54, 1.807) is 0 Å². The highest BCUT2D eigenvalue weighted by Gasteiger charge is 2.15. The van der Waals surface area contributed by atoms with Gasteiger partial charge in [0.2, 0.25) is 0 Å². The summed E-state index contributed by atoms with van der Waals surface area (Å²) in [6.45, 7) is 4.54. The molecule has 1 saturated heterocycles. The molecule has 1 aliphatic rings. The molecule has 0 bridgehead atoms. The van der Waals surface area contributed by atoms with Crippen LogP contribution in [-0.2, 0) is 4.74 Å². The third-order valence-electron chi connectivity index (χ3n) is 1.23. The monoisotopic (exact) mass is 98.1 g/mol. The lowest BCUT2D eigenvalue weighted by molar-refractivity contribution is 0.137. The third kappa shape index (κ3) is 1.10. The summed E-state index contributed by atoms with van der Waals surface area (Å²) in [5.41, 5.74) is 0. The first-order valence-electron chi connectivity index (χ1n) is 2.67. The van der Waals surface area contributed by atoms with Gasteiger partial charge in [-0.25, -0.2) is 0 Å². The molecule has 0 aromatic carbocycles. The molecule has 7 heavy (non-hydrogen) atoms. The maximum absolute atomic E-state index is 5.18. The number of hydrogen-bond acceptors (Lipinski definition) is 1. The standard InChI is InChI=1S/C6H10O/c1-2-6-4-3-5-7-6/h2,6H,1,3-5H2/t6-/m1/s1. The van der Waals surface area contributed by atoms with Gasteiger partial charge in [-0.15, -0.1) is 6.92 Å². The van der Waals surface area contributed by atoms with Crippen LogP contribution in [-0.4, -0.2) is 12.7 Å². The Bertz CT molecular complexity index is 46.1. The van der Waals surface area contributed by atoms with Crippen molar-refractivity contribution < 1.29 is 4.74 Å². The topological polar surface area (TPSA) is 9.23 Å². The second-order valence-corrected chi connectivity index (χ2v) is 1.79. The van der Waals surface area contributed by atoms with E-state index < -0.39 is 0 Å². The van der Waals surface area contributed by atoms with Gasteiger partial charge in [-0.05, 0) is 12.8 Å². The summed E-state index contributed by atoms with van der Waals surface area (Å²) < 4.78 is 5.18. The van der Waals surface area contributed by atoms with Gasteiger partial charge in [0, 0.05) is 6.42 Å². The fourth-order valence-electron chi connectivity index (χ4n) is 0.788. The molecule has 40 valence electrons. The van der Waals surface area contributed by atoms with Crippen LogP contribution >= 0.6 is 0 Å². The minimum absolute atomic E-state index is 0.361. The maximum Gasteiger partial charge on any atom is 0.166 e. The van der Waals surface area contributed by atoms with Crippen molar-refractivity contribution >= 4 is 0 Å². The molecule has 1 heterocycles. The van der Waals surface area contributed by atoms with Gasteiger partial charge in [0.1, 0.15) is 0 Å². The minimum Gasteiger partial charge on any atom is -0.340 e. The average Bonchev–Trinajstić information content (AvgIpc) is 2.14. The minimum atomic E-state index is 0.361. The Kier molecular flexibility index (Phi) is 1.58. The highest BCUT2D eigenvalue weighted by molar-refractivity contribution is 4.81. The fourth-order valence-corrected chi connectivity index (χ4v) is 0.788. The second-order valence-electron chi connectivity index (χ2n) is 1.79. The second kappa shape index (κ2) is 2.22. The summed E-state index contributed by atoms with van der Waals surface area (Å²) in [5.74, 6) is 0. The molecule has 0 aliphatic carbocycles. The molecule has 1 nitrogen and oxygen atoms in total. The molecule has 1 aliphatic heterocycles. The van der Waals surface area contributed by atoms with E-state index in [2.05, 4.69) is 6.92 Å². The zero-order valence-corrected chi connectivity index (χ0v) is 4.39. The van der Waals surface area contributed by atoms with Crippen molar-refractivity contribution in [3.05, 3.63) is 13.3 Å². The van der Waals surface area contributed by atoms with Crippen LogP contribution in [0.3, 0.4) is 0 Å². The highest BCUT2D eigenvalue weighted by atomic mass is 16.5. The molecular formula is C6H10O. The smallest absolute Gasteiger partial charge is 0.166 e. The van der Waals surface area contributed by atoms with Crippen LogP contribution in [0.4, 0.5) is 0 Å². The SMILES string of the molecule is [CH2-][CH+][C@@H]1CCCO1. The van der Waals surface area contributed by atoms with Crippen molar-refractivity contribution in [1.29, 1.82) is 0 Å². The van der Waals surface area contributed by atoms with E-state index in [1.807, 2.05) is 6.42 Å². The Balaban J connectivity index is 2.14. The molecule has 0 aromatic rings. The van der Waals surface area contributed by atoms with Crippen LogP contribution in [0.25, 0.3) is 0 Å². The molecule has 0 spiro atoms. The number of hydrogen-bond donors (Lipinski definition) is 0. The Morgan fingerprint density at radius 2 is 2.57 bits per heavy atom. The van der Waals surface area contributed by atoms with Gasteiger partial charge >= 0.3 is 0 Å². The van der Waals surface area contributed by atoms with Gasteiger partial charge in [0.15, 0.2) is 6.10 Å². The summed E-state index contributed by atoms with van der Waals surface area (Å²) >= 11 is 0. The summed E-state index contributed by atoms with van der Waals surface area (Å²) in [4.78, 5) is 0. The average molecular weight is 98.1 g/mol. The Morgan fingerprint density at radius 3 is 2.86 bits per heavy atom. The van der Waals surface area contributed by atoms with Gasteiger partial charge in [0.05, 0.1) is 6.61 Å². The molecule has 0 saturated carbocycles. The van der Waals surface area contributed by atoms with E-state index >= 15 is 0 Å². The predicted molar refractivity (Wildman–Crippen MR) is 28.6 cm³/mol. The zero-order valence-electron chi connectivity index (χ0n) is 4.39. The quantitative estimate of drug-likeness (QED) is 0.448. The molecular weight excluding hydrogens is 88.1 g/mol. The van der Waals surface area contributed by atoms with Gasteiger partial charge in [0.25, 0.3) is 0 Å². The molecule has 0 unspecified atom stereocenters. The third-order valence-corrected chi connectivity index (χ3v) is 1.23. The van der Waals surface area contributed by atoms with Crippen LogP contribution in [0.2, 0.25) is 0 Å². The highest BCUT2D eigenvalue weighted by Crippen LogP contribution is 2.12.